The third-order valence-electron chi connectivity index (χ3n) is 5.41. The fourth-order valence-electron chi connectivity index (χ4n) is 4.15. The van der Waals surface area contributed by atoms with E-state index in [2.05, 4.69) is 31.0 Å². The molecular formula is C20H23NO3. The molecule has 3 rings (SSSR count). The number of carbonyl (C=O) groups is 2. The molecule has 1 amide bonds. The van der Waals surface area contributed by atoms with E-state index in [9.17, 15) is 9.59 Å². The lowest BCUT2D eigenvalue weighted by Gasteiger charge is -2.35. The zero-order valence-electron chi connectivity index (χ0n) is 14.2. The van der Waals surface area contributed by atoms with Crippen LogP contribution in [0.1, 0.15) is 30.4 Å². The second-order valence-corrected chi connectivity index (χ2v) is 6.81. The number of amides is 1. The summed E-state index contributed by atoms with van der Waals surface area (Å²) < 4.78 is 5.28. The van der Waals surface area contributed by atoms with Crippen LogP contribution in [0.25, 0.3) is 0 Å². The molecule has 4 nitrogen and oxygen atoms in total. The van der Waals surface area contributed by atoms with Crippen LogP contribution in [0.3, 0.4) is 0 Å². The third-order valence-corrected chi connectivity index (χ3v) is 5.41. The Hall–Kier alpha value is -2.36. The van der Waals surface area contributed by atoms with Crippen molar-refractivity contribution >= 4 is 11.7 Å². The maximum Gasteiger partial charge on any atom is 0.227 e. The summed E-state index contributed by atoms with van der Waals surface area (Å²) in [5.74, 6) is -0.230. The number of rotatable bonds is 4. The molecule has 0 aliphatic heterocycles. The Morgan fingerprint density at radius 2 is 2.21 bits per heavy atom. The highest BCUT2D eigenvalue weighted by Gasteiger charge is 2.52. The number of Topliss-reactive ketones (excluding diaryl/α,β-unsaturated/α-hetero) is 1. The Balaban J connectivity index is 2.07. The number of benzene rings is 1. The van der Waals surface area contributed by atoms with Crippen molar-refractivity contribution in [3.8, 4) is 0 Å². The first kappa shape index (κ1) is 16.5. The van der Waals surface area contributed by atoms with Gasteiger partial charge in [-0.25, -0.2) is 0 Å². The van der Waals surface area contributed by atoms with Gasteiger partial charge in [-0.15, -0.1) is 6.58 Å². The van der Waals surface area contributed by atoms with Gasteiger partial charge < -0.3 is 10.1 Å². The number of ketones is 1. The van der Waals surface area contributed by atoms with E-state index in [4.69, 9.17) is 4.74 Å². The Bertz CT molecular complexity index is 721. The van der Waals surface area contributed by atoms with E-state index in [1.807, 2.05) is 12.1 Å². The van der Waals surface area contributed by atoms with E-state index in [1.165, 1.54) is 18.2 Å². The summed E-state index contributed by atoms with van der Waals surface area (Å²) in [6, 6.07) is 8.18. The average Bonchev–Trinajstić information content (AvgIpc) is 2.80. The minimum atomic E-state index is -0.420. The van der Waals surface area contributed by atoms with Crippen molar-refractivity contribution < 1.29 is 14.3 Å². The lowest BCUT2D eigenvalue weighted by atomic mass is 9.67. The monoisotopic (exact) mass is 325 g/mol. The summed E-state index contributed by atoms with van der Waals surface area (Å²) in [6.07, 6.45) is 4.52. The smallest absolute Gasteiger partial charge is 0.227 e. The predicted octanol–water partition coefficient (Wildman–Crippen LogP) is 2.75. The number of carbonyl (C=O) groups excluding carboxylic acids is 2. The molecule has 0 aromatic heterocycles. The van der Waals surface area contributed by atoms with E-state index in [0.717, 1.165) is 6.42 Å². The van der Waals surface area contributed by atoms with Crippen LogP contribution >= 0.6 is 0 Å². The van der Waals surface area contributed by atoms with Crippen LogP contribution in [-0.4, -0.2) is 25.3 Å². The lowest BCUT2D eigenvalue weighted by molar-refractivity contribution is -0.127. The van der Waals surface area contributed by atoms with Gasteiger partial charge in [-0.3, -0.25) is 9.59 Å². The molecule has 3 atom stereocenters. The van der Waals surface area contributed by atoms with E-state index in [0.29, 0.717) is 18.7 Å². The predicted molar refractivity (Wildman–Crippen MR) is 92.4 cm³/mol. The molecule has 0 radical (unpaired) electrons. The van der Waals surface area contributed by atoms with Crippen molar-refractivity contribution in [1.82, 2.24) is 5.32 Å². The summed E-state index contributed by atoms with van der Waals surface area (Å²) in [6.45, 7) is 6.17. The molecule has 2 aliphatic carbocycles. The van der Waals surface area contributed by atoms with Crippen LogP contribution in [0, 0.1) is 11.3 Å². The number of ether oxygens (including phenoxy) is 1. The fraction of sp³-hybridized carbons (Fsp3) is 0.400. The minimum Gasteiger partial charge on any atom is -0.493 e. The highest BCUT2D eigenvalue weighted by molar-refractivity contribution is 5.96. The molecule has 0 unspecified atom stereocenters. The third kappa shape index (κ3) is 2.56. The molecule has 126 valence electrons. The van der Waals surface area contributed by atoms with Gasteiger partial charge >= 0.3 is 0 Å². The van der Waals surface area contributed by atoms with Crippen LogP contribution in [0.15, 0.2) is 48.8 Å². The molecule has 2 aliphatic rings. The van der Waals surface area contributed by atoms with Crippen LogP contribution in [0.5, 0.6) is 0 Å². The summed E-state index contributed by atoms with van der Waals surface area (Å²) in [4.78, 5) is 25.4. The summed E-state index contributed by atoms with van der Waals surface area (Å²) in [7, 11) is 1.49. The fourth-order valence-corrected chi connectivity index (χ4v) is 4.15. The van der Waals surface area contributed by atoms with Crippen LogP contribution in [-0.2, 0) is 20.7 Å². The van der Waals surface area contributed by atoms with E-state index < -0.39 is 5.92 Å². The second kappa shape index (κ2) is 6.27. The van der Waals surface area contributed by atoms with E-state index in [1.54, 1.807) is 12.2 Å². The van der Waals surface area contributed by atoms with Gasteiger partial charge in [-0.2, -0.15) is 0 Å². The molecule has 0 saturated heterocycles. The van der Waals surface area contributed by atoms with Crippen molar-refractivity contribution in [3.05, 3.63) is 59.9 Å². The van der Waals surface area contributed by atoms with Crippen molar-refractivity contribution in [3.63, 3.8) is 0 Å². The zero-order chi connectivity index (χ0) is 17.3. The molecule has 24 heavy (non-hydrogen) atoms. The molecule has 0 bridgehead atoms. The molecule has 0 fully saturated rings. The van der Waals surface area contributed by atoms with Gasteiger partial charge in [-0.05, 0) is 35.0 Å². The Morgan fingerprint density at radius 1 is 1.46 bits per heavy atom. The van der Waals surface area contributed by atoms with Crippen molar-refractivity contribution in [2.24, 2.45) is 11.3 Å². The highest BCUT2D eigenvalue weighted by Crippen LogP contribution is 2.55. The minimum absolute atomic E-state index is 0.0181. The number of methoxy groups -OCH3 is 1. The summed E-state index contributed by atoms with van der Waals surface area (Å²) in [5.41, 5.74) is 2.07. The molecule has 1 aromatic carbocycles. The number of hydrogen-bond donors (Lipinski definition) is 1. The van der Waals surface area contributed by atoms with Crippen molar-refractivity contribution in [2.75, 3.05) is 13.7 Å². The molecular weight excluding hydrogens is 302 g/mol. The zero-order valence-corrected chi connectivity index (χ0v) is 14.2. The van der Waals surface area contributed by atoms with Gasteiger partial charge in [0.2, 0.25) is 5.91 Å². The highest BCUT2D eigenvalue weighted by atomic mass is 16.5. The van der Waals surface area contributed by atoms with Crippen LogP contribution in [0.2, 0.25) is 0 Å². The topological polar surface area (TPSA) is 55.4 Å². The maximum atomic E-state index is 12.8. The maximum absolute atomic E-state index is 12.8. The Labute approximate surface area is 142 Å². The first-order valence-electron chi connectivity index (χ1n) is 8.26. The van der Waals surface area contributed by atoms with Crippen molar-refractivity contribution in [2.45, 2.75) is 25.7 Å². The first-order chi connectivity index (χ1) is 11.5. The standard InChI is InChI=1S/C20H23NO3/c1-4-9-21-19(23)16-11-18(24-3)17(22)10-15-14-8-6-5-7-13(14)12-20(15,16)2/h4-8,11,15-16H,1,9-10,12H2,2-3H3,(H,21,23)/t15-,16+,20-/m0/s1. The summed E-state index contributed by atoms with van der Waals surface area (Å²) in [5, 5.41) is 2.89. The van der Waals surface area contributed by atoms with E-state index in [-0.39, 0.29) is 23.0 Å². The lowest BCUT2D eigenvalue weighted by Crippen LogP contribution is -2.41. The molecule has 0 spiro atoms. The quantitative estimate of drug-likeness (QED) is 0.866. The largest absolute Gasteiger partial charge is 0.493 e. The number of nitrogens with one attached hydrogen (secondary N) is 1. The second-order valence-electron chi connectivity index (χ2n) is 6.81. The molecule has 0 heterocycles. The van der Waals surface area contributed by atoms with Gasteiger partial charge in [0.05, 0.1) is 13.0 Å². The van der Waals surface area contributed by atoms with Crippen molar-refractivity contribution in [1.29, 1.82) is 0 Å². The number of hydrogen-bond acceptors (Lipinski definition) is 3. The van der Waals surface area contributed by atoms with Gasteiger partial charge in [0.1, 0.15) is 0 Å². The first-order valence-corrected chi connectivity index (χ1v) is 8.26. The normalized spacial score (nSPS) is 28.2. The number of allylic oxidation sites excluding steroid dienone is 1. The molecule has 1 N–H and O–H groups in total. The summed E-state index contributed by atoms with van der Waals surface area (Å²) >= 11 is 0. The SMILES string of the molecule is C=CCNC(=O)[C@H]1C=C(OC)C(=O)C[C@H]2c3ccccc3C[C@]12C. The number of fused-ring (bicyclic) bond motifs is 3. The van der Waals surface area contributed by atoms with Gasteiger partial charge in [0, 0.05) is 13.0 Å². The molecule has 1 aromatic rings. The van der Waals surface area contributed by atoms with Crippen LogP contribution < -0.4 is 5.32 Å². The Morgan fingerprint density at radius 3 is 2.92 bits per heavy atom. The average molecular weight is 325 g/mol. The molecule has 4 heteroatoms. The van der Waals surface area contributed by atoms with Gasteiger partial charge in [0.25, 0.3) is 0 Å². The van der Waals surface area contributed by atoms with E-state index >= 15 is 0 Å². The molecule has 0 saturated carbocycles. The van der Waals surface area contributed by atoms with Gasteiger partial charge in [0.15, 0.2) is 11.5 Å². The van der Waals surface area contributed by atoms with Crippen LogP contribution in [0.4, 0.5) is 0 Å². The van der Waals surface area contributed by atoms with Gasteiger partial charge in [-0.1, -0.05) is 37.3 Å². The Kier molecular flexibility index (Phi) is 4.31.